The number of hydrogen-bond donors (Lipinski definition) is 4. The molecule has 1 fully saturated rings. The summed E-state index contributed by atoms with van der Waals surface area (Å²) in [6.45, 7) is 5.22. The van der Waals surface area contributed by atoms with Crippen molar-refractivity contribution >= 4 is 0 Å². The van der Waals surface area contributed by atoms with Gasteiger partial charge in [-0.05, 0) is 37.5 Å². The average molecular weight is 298 g/mol. The maximum atomic E-state index is 9.99. The third kappa shape index (κ3) is 3.04. The SMILES string of the molecule is Cc1ccc(C)c(O[C@H]2O[C@H](CO)[C@@H](O)[C@H](O)[C@@H]2O)c1C. The molecule has 0 aliphatic carbocycles. The molecule has 0 aromatic heterocycles. The maximum absolute atomic E-state index is 9.99. The summed E-state index contributed by atoms with van der Waals surface area (Å²) in [4.78, 5) is 0. The molecular weight excluding hydrogens is 276 g/mol. The molecule has 5 atom stereocenters. The standard InChI is InChI=1S/C15H22O6/c1-7-4-5-8(2)14(9(7)3)21-15-13(19)12(18)11(17)10(6-16)20-15/h4-5,10-13,15-19H,6H2,1-3H3/t10-,11-,12+,13+,15-/m1/s1. The summed E-state index contributed by atoms with van der Waals surface area (Å²) in [7, 11) is 0. The molecule has 6 nitrogen and oxygen atoms in total. The number of aliphatic hydroxyl groups is 4. The van der Waals surface area contributed by atoms with E-state index < -0.39 is 37.3 Å². The normalized spacial score (nSPS) is 33.0. The lowest BCUT2D eigenvalue weighted by atomic mass is 9.99. The summed E-state index contributed by atoms with van der Waals surface area (Å²) in [5.74, 6) is 0.569. The Kier molecular flexibility index (Phi) is 4.85. The first-order valence-electron chi connectivity index (χ1n) is 6.90. The van der Waals surface area contributed by atoms with Crippen LogP contribution in [0, 0.1) is 20.8 Å². The van der Waals surface area contributed by atoms with Gasteiger partial charge >= 0.3 is 0 Å². The van der Waals surface area contributed by atoms with E-state index in [1.54, 1.807) is 0 Å². The van der Waals surface area contributed by atoms with Crippen molar-refractivity contribution in [2.75, 3.05) is 6.61 Å². The third-order valence-corrected chi connectivity index (χ3v) is 3.96. The zero-order chi connectivity index (χ0) is 15.7. The lowest BCUT2D eigenvalue weighted by Gasteiger charge is -2.40. The predicted octanol–water partition coefficient (Wildman–Crippen LogP) is -0.209. The Bertz CT molecular complexity index is 501. The highest BCUT2D eigenvalue weighted by molar-refractivity contribution is 5.44. The second-order valence-electron chi connectivity index (χ2n) is 5.47. The minimum Gasteiger partial charge on any atom is -0.461 e. The first-order valence-corrected chi connectivity index (χ1v) is 6.90. The molecule has 1 aliphatic heterocycles. The van der Waals surface area contributed by atoms with Gasteiger partial charge in [-0.2, -0.15) is 0 Å². The average Bonchev–Trinajstić information content (AvgIpc) is 2.47. The smallest absolute Gasteiger partial charge is 0.229 e. The minimum absolute atomic E-state index is 0.476. The number of hydrogen-bond acceptors (Lipinski definition) is 6. The van der Waals surface area contributed by atoms with Crippen LogP contribution >= 0.6 is 0 Å². The zero-order valence-corrected chi connectivity index (χ0v) is 12.4. The highest BCUT2D eigenvalue weighted by Crippen LogP contribution is 2.30. The fourth-order valence-corrected chi connectivity index (χ4v) is 2.39. The van der Waals surface area contributed by atoms with Crippen LogP contribution < -0.4 is 4.74 Å². The van der Waals surface area contributed by atoms with Crippen LogP contribution in [0.2, 0.25) is 0 Å². The van der Waals surface area contributed by atoms with Gasteiger partial charge in [0.1, 0.15) is 30.2 Å². The van der Waals surface area contributed by atoms with Crippen LogP contribution in [-0.4, -0.2) is 57.7 Å². The van der Waals surface area contributed by atoms with Crippen LogP contribution in [0.15, 0.2) is 12.1 Å². The molecule has 0 amide bonds. The number of benzene rings is 1. The Morgan fingerprint density at radius 2 is 1.62 bits per heavy atom. The third-order valence-electron chi connectivity index (χ3n) is 3.96. The molecule has 1 aliphatic rings. The fourth-order valence-electron chi connectivity index (χ4n) is 2.39. The van der Waals surface area contributed by atoms with Crippen LogP contribution in [0.4, 0.5) is 0 Å². The van der Waals surface area contributed by atoms with E-state index in [1.807, 2.05) is 32.9 Å². The summed E-state index contributed by atoms with van der Waals surface area (Å²) < 4.78 is 11.1. The molecule has 6 heteroatoms. The second-order valence-corrected chi connectivity index (χ2v) is 5.47. The second kappa shape index (κ2) is 6.29. The summed E-state index contributed by atoms with van der Waals surface area (Å²) in [6, 6.07) is 3.85. The van der Waals surface area contributed by atoms with Gasteiger partial charge in [0.2, 0.25) is 6.29 Å². The van der Waals surface area contributed by atoms with Crippen LogP contribution in [0.5, 0.6) is 5.75 Å². The zero-order valence-electron chi connectivity index (χ0n) is 12.4. The first kappa shape index (κ1) is 16.2. The first-order chi connectivity index (χ1) is 9.86. The van der Waals surface area contributed by atoms with E-state index >= 15 is 0 Å². The van der Waals surface area contributed by atoms with Crippen molar-refractivity contribution in [2.45, 2.75) is 51.5 Å². The Labute approximate surface area is 123 Å². The Morgan fingerprint density at radius 1 is 1.00 bits per heavy atom. The summed E-state index contributed by atoms with van der Waals surface area (Å²) in [5.41, 5.74) is 2.81. The van der Waals surface area contributed by atoms with Gasteiger partial charge in [0.25, 0.3) is 0 Å². The van der Waals surface area contributed by atoms with Crippen molar-refractivity contribution in [2.24, 2.45) is 0 Å². The van der Waals surface area contributed by atoms with Crippen molar-refractivity contribution < 1.29 is 29.9 Å². The lowest BCUT2D eigenvalue weighted by molar-refractivity contribution is -0.277. The van der Waals surface area contributed by atoms with Crippen molar-refractivity contribution in [3.63, 3.8) is 0 Å². The molecule has 21 heavy (non-hydrogen) atoms. The molecule has 0 radical (unpaired) electrons. The molecule has 4 N–H and O–H groups in total. The molecule has 118 valence electrons. The van der Waals surface area contributed by atoms with E-state index in [-0.39, 0.29) is 0 Å². The number of rotatable bonds is 3. The molecule has 0 unspecified atom stereocenters. The van der Waals surface area contributed by atoms with Gasteiger partial charge in [-0.1, -0.05) is 12.1 Å². The molecule has 0 bridgehead atoms. The number of aryl methyl sites for hydroxylation is 2. The van der Waals surface area contributed by atoms with E-state index in [0.29, 0.717) is 5.75 Å². The van der Waals surface area contributed by atoms with Gasteiger partial charge in [-0.15, -0.1) is 0 Å². The Morgan fingerprint density at radius 3 is 2.24 bits per heavy atom. The molecule has 1 aromatic carbocycles. The number of ether oxygens (including phenoxy) is 2. The molecular formula is C15H22O6. The quantitative estimate of drug-likeness (QED) is 0.616. The Balaban J connectivity index is 2.24. The van der Waals surface area contributed by atoms with Gasteiger partial charge in [0.05, 0.1) is 6.61 Å². The van der Waals surface area contributed by atoms with Crippen LogP contribution in [-0.2, 0) is 4.74 Å². The molecule has 1 saturated heterocycles. The summed E-state index contributed by atoms with van der Waals surface area (Å²) >= 11 is 0. The van der Waals surface area contributed by atoms with E-state index in [1.165, 1.54) is 0 Å². The lowest BCUT2D eigenvalue weighted by Crippen LogP contribution is -2.60. The van der Waals surface area contributed by atoms with Crippen molar-refractivity contribution in [3.05, 3.63) is 28.8 Å². The van der Waals surface area contributed by atoms with E-state index in [9.17, 15) is 15.3 Å². The monoisotopic (exact) mass is 298 g/mol. The number of aliphatic hydroxyl groups excluding tert-OH is 4. The molecule has 1 heterocycles. The summed E-state index contributed by atoms with van der Waals surface area (Å²) in [5, 5.41) is 38.7. The van der Waals surface area contributed by atoms with Crippen molar-refractivity contribution in [1.82, 2.24) is 0 Å². The van der Waals surface area contributed by atoms with E-state index in [0.717, 1.165) is 16.7 Å². The van der Waals surface area contributed by atoms with E-state index in [4.69, 9.17) is 14.6 Å². The highest BCUT2D eigenvalue weighted by Gasteiger charge is 2.44. The van der Waals surface area contributed by atoms with Crippen LogP contribution in [0.3, 0.4) is 0 Å². The highest BCUT2D eigenvalue weighted by atomic mass is 16.7. The molecule has 0 saturated carbocycles. The largest absolute Gasteiger partial charge is 0.461 e. The van der Waals surface area contributed by atoms with Gasteiger partial charge in [-0.3, -0.25) is 0 Å². The molecule has 1 aromatic rings. The van der Waals surface area contributed by atoms with Crippen LogP contribution in [0.25, 0.3) is 0 Å². The Hall–Kier alpha value is -1.18. The van der Waals surface area contributed by atoms with Crippen LogP contribution in [0.1, 0.15) is 16.7 Å². The topological polar surface area (TPSA) is 99.4 Å². The van der Waals surface area contributed by atoms with Gasteiger partial charge in [-0.25, -0.2) is 0 Å². The maximum Gasteiger partial charge on any atom is 0.229 e. The molecule has 0 spiro atoms. The van der Waals surface area contributed by atoms with E-state index in [2.05, 4.69) is 0 Å². The van der Waals surface area contributed by atoms with Crippen molar-refractivity contribution in [3.8, 4) is 5.75 Å². The van der Waals surface area contributed by atoms with Gasteiger partial charge < -0.3 is 29.9 Å². The fraction of sp³-hybridized carbons (Fsp3) is 0.600. The molecule has 2 rings (SSSR count). The van der Waals surface area contributed by atoms with Gasteiger partial charge in [0.15, 0.2) is 0 Å². The van der Waals surface area contributed by atoms with Crippen molar-refractivity contribution in [1.29, 1.82) is 0 Å². The predicted molar refractivity (Wildman–Crippen MR) is 75.0 cm³/mol. The minimum atomic E-state index is -1.44. The summed E-state index contributed by atoms with van der Waals surface area (Å²) in [6.07, 6.45) is -6.35. The van der Waals surface area contributed by atoms with Gasteiger partial charge in [0, 0.05) is 0 Å².